The summed E-state index contributed by atoms with van der Waals surface area (Å²) < 4.78 is 10.1. The second-order valence-corrected chi connectivity index (χ2v) is 3.98. The number of phenolic OH excluding ortho intramolecular Hbond substituents is 1. The van der Waals surface area contributed by atoms with Gasteiger partial charge in [0.2, 0.25) is 0 Å². The van der Waals surface area contributed by atoms with Crippen molar-refractivity contribution < 1.29 is 24.2 Å². The topological polar surface area (TPSA) is 72.8 Å². The number of benzene rings is 1. The predicted octanol–water partition coefficient (Wildman–Crippen LogP) is 2.48. The Kier molecular flexibility index (Phi) is 4.92. The summed E-state index contributed by atoms with van der Waals surface area (Å²) in [7, 11) is 0. The van der Waals surface area contributed by atoms with Crippen LogP contribution in [0.4, 0.5) is 0 Å². The van der Waals surface area contributed by atoms with Crippen molar-refractivity contribution in [1.29, 1.82) is 0 Å². The molecule has 0 atom stereocenters. The van der Waals surface area contributed by atoms with E-state index in [-0.39, 0.29) is 29.5 Å². The Labute approximate surface area is 112 Å². The average molecular weight is 266 g/mol. The van der Waals surface area contributed by atoms with Crippen LogP contribution in [-0.2, 0) is 4.74 Å². The lowest BCUT2D eigenvalue weighted by Gasteiger charge is -2.15. The summed E-state index contributed by atoms with van der Waals surface area (Å²) in [5.41, 5.74) is 0.717. The maximum atomic E-state index is 11.9. The van der Waals surface area contributed by atoms with Gasteiger partial charge >= 0.3 is 5.97 Å². The third kappa shape index (κ3) is 3.05. The third-order valence-electron chi connectivity index (χ3n) is 2.68. The molecular weight excluding hydrogens is 248 g/mol. The molecule has 19 heavy (non-hydrogen) atoms. The number of esters is 1. The van der Waals surface area contributed by atoms with Crippen LogP contribution < -0.4 is 4.74 Å². The highest BCUT2D eigenvalue weighted by molar-refractivity contribution is 6.02. The van der Waals surface area contributed by atoms with Crippen molar-refractivity contribution >= 4 is 11.8 Å². The Morgan fingerprint density at radius 1 is 1.26 bits per heavy atom. The molecule has 5 nitrogen and oxygen atoms in total. The molecule has 0 spiro atoms. The second-order valence-electron chi connectivity index (χ2n) is 3.98. The van der Waals surface area contributed by atoms with Crippen molar-refractivity contribution in [2.45, 2.75) is 27.7 Å². The van der Waals surface area contributed by atoms with Crippen LogP contribution in [0.25, 0.3) is 0 Å². The van der Waals surface area contributed by atoms with Crippen LogP contribution in [0.5, 0.6) is 11.5 Å². The van der Waals surface area contributed by atoms with Gasteiger partial charge in [-0.25, -0.2) is 4.79 Å². The van der Waals surface area contributed by atoms with Gasteiger partial charge in [-0.15, -0.1) is 0 Å². The zero-order valence-corrected chi connectivity index (χ0v) is 11.6. The Morgan fingerprint density at radius 2 is 1.89 bits per heavy atom. The summed E-state index contributed by atoms with van der Waals surface area (Å²) in [5, 5.41) is 10.1. The fourth-order valence-corrected chi connectivity index (χ4v) is 1.83. The van der Waals surface area contributed by atoms with Gasteiger partial charge in [0.25, 0.3) is 0 Å². The van der Waals surface area contributed by atoms with Crippen LogP contribution in [0, 0.1) is 6.92 Å². The number of phenols is 1. The molecule has 0 bridgehead atoms. The van der Waals surface area contributed by atoms with E-state index >= 15 is 0 Å². The first-order valence-corrected chi connectivity index (χ1v) is 6.11. The number of aromatic hydroxyl groups is 1. The van der Waals surface area contributed by atoms with E-state index in [9.17, 15) is 14.7 Å². The number of hydrogen-bond donors (Lipinski definition) is 1. The minimum atomic E-state index is -0.665. The number of carbonyl (C=O) groups is 2. The predicted molar refractivity (Wildman–Crippen MR) is 70.0 cm³/mol. The monoisotopic (exact) mass is 266 g/mol. The van der Waals surface area contributed by atoms with Gasteiger partial charge in [0.05, 0.1) is 13.2 Å². The smallest absolute Gasteiger partial charge is 0.342 e. The van der Waals surface area contributed by atoms with E-state index < -0.39 is 5.97 Å². The van der Waals surface area contributed by atoms with Gasteiger partial charge in [-0.1, -0.05) is 0 Å². The van der Waals surface area contributed by atoms with Gasteiger partial charge in [-0.05, 0) is 39.3 Å². The fraction of sp³-hybridized carbons (Fsp3) is 0.429. The highest BCUT2D eigenvalue weighted by Crippen LogP contribution is 2.35. The molecule has 1 aromatic rings. The van der Waals surface area contributed by atoms with Crippen LogP contribution in [0.1, 0.15) is 47.1 Å². The SMILES string of the molecule is CCOC(=O)c1c(C)c(C(C)=O)cc(OCC)c1O. The molecule has 0 aliphatic heterocycles. The zero-order valence-electron chi connectivity index (χ0n) is 11.6. The molecule has 1 N–H and O–H groups in total. The van der Waals surface area contributed by atoms with Crippen LogP contribution >= 0.6 is 0 Å². The molecule has 0 fully saturated rings. The lowest BCUT2D eigenvalue weighted by atomic mass is 9.98. The lowest BCUT2D eigenvalue weighted by Crippen LogP contribution is -2.11. The molecule has 0 aliphatic carbocycles. The first-order valence-electron chi connectivity index (χ1n) is 6.11. The molecule has 0 saturated carbocycles. The van der Waals surface area contributed by atoms with Crippen molar-refractivity contribution in [2.75, 3.05) is 13.2 Å². The number of ketones is 1. The minimum Gasteiger partial charge on any atom is -0.504 e. The molecule has 1 aromatic carbocycles. The normalized spacial score (nSPS) is 10.1. The van der Waals surface area contributed by atoms with Crippen LogP contribution in [0.3, 0.4) is 0 Å². The van der Waals surface area contributed by atoms with E-state index in [1.54, 1.807) is 20.8 Å². The second kappa shape index (κ2) is 6.22. The largest absolute Gasteiger partial charge is 0.504 e. The van der Waals surface area contributed by atoms with Gasteiger partial charge in [0.1, 0.15) is 5.56 Å². The Bertz CT molecular complexity index is 505. The fourth-order valence-electron chi connectivity index (χ4n) is 1.83. The van der Waals surface area contributed by atoms with Gasteiger partial charge < -0.3 is 14.6 Å². The summed E-state index contributed by atoms with van der Waals surface area (Å²) in [6, 6.07) is 1.44. The van der Waals surface area contributed by atoms with E-state index in [0.29, 0.717) is 17.7 Å². The third-order valence-corrected chi connectivity index (χ3v) is 2.68. The first kappa shape index (κ1) is 15.0. The highest BCUT2D eigenvalue weighted by Gasteiger charge is 2.24. The molecule has 0 radical (unpaired) electrons. The summed E-state index contributed by atoms with van der Waals surface area (Å²) in [5.74, 6) is -1.05. The molecule has 0 saturated heterocycles. The summed E-state index contributed by atoms with van der Waals surface area (Å²) in [4.78, 5) is 23.4. The molecule has 1 rings (SSSR count). The zero-order chi connectivity index (χ0) is 14.6. The van der Waals surface area contributed by atoms with Crippen molar-refractivity contribution in [2.24, 2.45) is 0 Å². The maximum absolute atomic E-state index is 11.9. The lowest BCUT2D eigenvalue weighted by molar-refractivity contribution is 0.0521. The molecular formula is C14H18O5. The van der Waals surface area contributed by atoms with E-state index in [2.05, 4.69) is 0 Å². The summed E-state index contributed by atoms with van der Waals surface area (Å²) in [6.45, 7) is 6.91. The van der Waals surface area contributed by atoms with E-state index in [1.165, 1.54) is 13.0 Å². The number of carbonyl (C=O) groups excluding carboxylic acids is 2. The number of hydrogen-bond acceptors (Lipinski definition) is 5. The standard InChI is InChI=1S/C14H18O5/c1-5-18-11-7-10(9(4)15)8(3)12(13(11)16)14(17)19-6-2/h7,16H,5-6H2,1-4H3. The molecule has 0 unspecified atom stereocenters. The van der Waals surface area contributed by atoms with Crippen molar-refractivity contribution in [3.8, 4) is 11.5 Å². The molecule has 5 heteroatoms. The highest BCUT2D eigenvalue weighted by atomic mass is 16.5. The van der Waals surface area contributed by atoms with Crippen LogP contribution in [-0.4, -0.2) is 30.1 Å². The van der Waals surface area contributed by atoms with Crippen molar-refractivity contribution in [3.05, 3.63) is 22.8 Å². The van der Waals surface area contributed by atoms with E-state index in [0.717, 1.165) is 0 Å². The van der Waals surface area contributed by atoms with E-state index in [4.69, 9.17) is 9.47 Å². The Morgan fingerprint density at radius 3 is 2.37 bits per heavy atom. The molecule has 0 aromatic heterocycles. The van der Waals surface area contributed by atoms with Crippen molar-refractivity contribution in [3.63, 3.8) is 0 Å². The van der Waals surface area contributed by atoms with Crippen LogP contribution in [0.2, 0.25) is 0 Å². The first-order chi connectivity index (χ1) is 8.93. The van der Waals surface area contributed by atoms with Gasteiger partial charge in [0.15, 0.2) is 17.3 Å². The Hall–Kier alpha value is -2.04. The van der Waals surface area contributed by atoms with Crippen LogP contribution in [0.15, 0.2) is 6.07 Å². The summed E-state index contributed by atoms with van der Waals surface area (Å²) in [6.07, 6.45) is 0. The van der Waals surface area contributed by atoms with Gasteiger partial charge in [-0.2, -0.15) is 0 Å². The molecule has 0 aliphatic rings. The quantitative estimate of drug-likeness (QED) is 0.654. The average Bonchev–Trinajstić information content (AvgIpc) is 2.33. The number of Topliss-reactive ketones (excluding diaryl/α,β-unsaturated/α-hetero) is 1. The van der Waals surface area contributed by atoms with Gasteiger partial charge in [-0.3, -0.25) is 4.79 Å². The molecule has 0 heterocycles. The minimum absolute atomic E-state index is 0.0157. The van der Waals surface area contributed by atoms with Crippen molar-refractivity contribution in [1.82, 2.24) is 0 Å². The number of rotatable bonds is 5. The Balaban J connectivity index is 3.49. The summed E-state index contributed by atoms with van der Waals surface area (Å²) >= 11 is 0. The number of ether oxygens (including phenoxy) is 2. The maximum Gasteiger partial charge on any atom is 0.342 e. The molecule has 104 valence electrons. The van der Waals surface area contributed by atoms with Gasteiger partial charge in [0, 0.05) is 5.56 Å². The van der Waals surface area contributed by atoms with E-state index in [1.807, 2.05) is 0 Å². The molecule has 0 amide bonds.